The average Bonchev–Trinajstić information content (AvgIpc) is 2.41. The molecule has 19 heavy (non-hydrogen) atoms. The second-order valence-corrected chi connectivity index (χ2v) is 4.59. The van der Waals surface area contributed by atoms with Gasteiger partial charge < -0.3 is 4.74 Å². The molecule has 0 atom stereocenters. The number of ether oxygens (including phenoxy) is 1. The summed E-state index contributed by atoms with van der Waals surface area (Å²) >= 11 is 11.6. The molecule has 0 saturated heterocycles. The number of rotatable bonds is 3. The van der Waals surface area contributed by atoms with Gasteiger partial charge in [-0.3, -0.25) is 4.79 Å². The monoisotopic (exact) mass is 298 g/mol. The van der Waals surface area contributed by atoms with Crippen molar-refractivity contribution in [2.24, 2.45) is 0 Å². The van der Waals surface area contributed by atoms with E-state index in [1.165, 1.54) is 37.4 Å². The Kier molecular flexibility index (Phi) is 4.08. The molecule has 0 bridgehead atoms. The molecule has 2 aromatic rings. The summed E-state index contributed by atoms with van der Waals surface area (Å²) in [6, 6.07) is 8.78. The molecule has 0 spiro atoms. The number of methoxy groups -OCH3 is 1. The van der Waals surface area contributed by atoms with Gasteiger partial charge in [0.2, 0.25) is 0 Å². The highest BCUT2D eigenvalue weighted by Crippen LogP contribution is 2.26. The van der Waals surface area contributed by atoms with Crippen molar-refractivity contribution >= 4 is 29.0 Å². The Morgan fingerprint density at radius 1 is 1.16 bits per heavy atom. The van der Waals surface area contributed by atoms with Crippen LogP contribution >= 0.6 is 23.2 Å². The lowest BCUT2D eigenvalue weighted by Gasteiger charge is -2.07. The maximum atomic E-state index is 14.0. The molecular formula is C14H9Cl2FO2. The quantitative estimate of drug-likeness (QED) is 0.787. The Morgan fingerprint density at radius 3 is 2.53 bits per heavy atom. The van der Waals surface area contributed by atoms with Gasteiger partial charge in [0.1, 0.15) is 0 Å². The molecule has 2 rings (SSSR count). The molecule has 0 radical (unpaired) electrons. The van der Waals surface area contributed by atoms with Crippen molar-refractivity contribution < 1.29 is 13.9 Å². The van der Waals surface area contributed by atoms with Crippen molar-refractivity contribution in [2.45, 2.75) is 0 Å². The third-order valence-electron chi connectivity index (χ3n) is 2.61. The lowest BCUT2D eigenvalue weighted by molar-refractivity contribution is 0.103. The molecule has 0 aromatic heterocycles. The lowest BCUT2D eigenvalue weighted by atomic mass is 10.0. The van der Waals surface area contributed by atoms with Crippen LogP contribution < -0.4 is 4.74 Å². The molecule has 2 nitrogen and oxygen atoms in total. The van der Waals surface area contributed by atoms with Crippen molar-refractivity contribution in [2.75, 3.05) is 7.11 Å². The van der Waals surface area contributed by atoms with Crippen LogP contribution in [-0.2, 0) is 0 Å². The maximum absolute atomic E-state index is 14.0. The van der Waals surface area contributed by atoms with Crippen molar-refractivity contribution in [3.05, 3.63) is 63.4 Å². The number of halogens is 3. The molecule has 2 aromatic carbocycles. The van der Waals surface area contributed by atoms with E-state index in [1.54, 1.807) is 6.07 Å². The molecule has 0 fully saturated rings. The summed E-state index contributed by atoms with van der Waals surface area (Å²) in [6.45, 7) is 0. The van der Waals surface area contributed by atoms with Crippen LogP contribution in [0.3, 0.4) is 0 Å². The minimum Gasteiger partial charge on any atom is -0.494 e. The highest BCUT2D eigenvalue weighted by Gasteiger charge is 2.17. The molecule has 0 aliphatic heterocycles. The van der Waals surface area contributed by atoms with Crippen molar-refractivity contribution in [1.82, 2.24) is 0 Å². The average molecular weight is 299 g/mol. The first-order valence-electron chi connectivity index (χ1n) is 5.37. The van der Waals surface area contributed by atoms with Crippen molar-refractivity contribution in [3.8, 4) is 5.75 Å². The van der Waals surface area contributed by atoms with E-state index in [0.29, 0.717) is 5.02 Å². The number of benzene rings is 2. The predicted molar refractivity (Wildman–Crippen MR) is 72.8 cm³/mol. The van der Waals surface area contributed by atoms with Gasteiger partial charge in [0.15, 0.2) is 17.3 Å². The number of ketones is 1. The van der Waals surface area contributed by atoms with Crippen LogP contribution in [0.5, 0.6) is 5.75 Å². The molecule has 0 heterocycles. The molecule has 0 amide bonds. The third-order valence-corrected chi connectivity index (χ3v) is 3.35. The standard InChI is InChI=1S/C14H9Cl2FO2/c1-19-12-4-2-3-9(13(12)17)14(18)8-5-6-10(15)11(16)7-8/h2-7H,1H3. The summed E-state index contributed by atoms with van der Waals surface area (Å²) in [4.78, 5) is 12.2. The minimum absolute atomic E-state index is 0.0194. The van der Waals surface area contributed by atoms with Crippen LogP contribution in [0, 0.1) is 5.82 Å². The molecule has 0 unspecified atom stereocenters. The second-order valence-electron chi connectivity index (χ2n) is 3.78. The van der Waals surface area contributed by atoms with Gasteiger partial charge in [-0.25, -0.2) is 4.39 Å². The Balaban J connectivity index is 2.47. The molecular weight excluding hydrogens is 290 g/mol. The van der Waals surface area contributed by atoms with Crippen LogP contribution in [-0.4, -0.2) is 12.9 Å². The van der Waals surface area contributed by atoms with E-state index < -0.39 is 11.6 Å². The zero-order valence-corrected chi connectivity index (χ0v) is 11.4. The van der Waals surface area contributed by atoms with Crippen LogP contribution in [0.2, 0.25) is 10.0 Å². The SMILES string of the molecule is COc1cccc(C(=O)c2ccc(Cl)c(Cl)c2)c1F. The topological polar surface area (TPSA) is 26.3 Å². The van der Waals surface area contributed by atoms with E-state index in [9.17, 15) is 9.18 Å². The van der Waals surface area contributed by atoms with Crippen LogP contribution in [0.1, 0.15) is 15.9 Å². The summed E-state index contributed by atoms with van der Waals surface area (Å²) in [5.74, 6) is -1.15. The highest BCUT2D eigenvalue weighted by atomic mass is 35.5. The number of carbonyl (C=O) groups is 1. The Hall–Kier alpha value is -1.58. The summed E-state index contributed by atoms with van der Waals surface area (Å²) in [6.07, 6.45) is 0. The van der Waals surface area contributed by atoms with Crippen molar-refractivity contribution in [3.63, 3.8) is 0 Å². The zero-order valence-electron chi connectivity index (χ0n) is 9.91. The fourth-order valence-electron chi connectivity index (χ4n) is 1.64. The van der Waals surface area contributed by atoms with Gasteiger partial charge in [0.25, 0.3) is 0 Å². The van der Waals surface area contributed by atoms with Crippen molar-refractivity contribution in [1.29, 1.82) is 0 Å². The molecule has 0 N–H and O–H groups in total. The summed E-state index contributed by atoms with van der Waals surface area (Å²) in [5, 5.41) is 0.583. The fourth-order valence-corrected chi connectivity index (χ4v) is 1.93. The first kappa shape index (κ1) is 13.8. The van der Waals surface area contributed by atoms with E-state index in [-0.39, 0.29) is 21.9 Å². The number of carbonyl (C=O) groups excluding carboxylic acids is 1. The Labute approximate surface area is 119 Å². The minimum atomic E-state index is -0.693. The second kappa shape index (κ2) is 5.59. The van der Waals surface area contributed by atoms with E-state index in [0.717, 1.165) is 0 Å². The number of hydrogen-bond acceptors (Lipinski definition) is 2. The fraction of sp³-hybridized carbons (Fsp3) is 0.0714. The first-order valence-corrected chi connectivity index (χ1v) is 6.12. The Morgan fingerprint density at radius 2 is 1.89 bits per heavy atom. The smallest absolute Gasteiger partial charge is 0.196 e. The molecule has 5 heteroatoms. The lowest BCUT2D eigenvalue weighted by Crippen LogP contribution is -2.05. The van der Waals surface area contributed by atoms with E-state index in [1.807, 2.05) is 0 Å². The van der Waals surface area contributed by atoms with Crippen LogP contribution in [0.4, 0.5) is 4.39 Å². The molecule has 0 aliphatic rings. The third kappa shape index (κ3) is 2.72. The van der Waals surface area contributed by atoms with E-state index >= 15 is 0 Å². The summed E-state index contributed by atoms with van der Waals surface area (Å²) < 4.78 is 18.8. The van der Waals surface area contributed by atoms with Gasteiger partial charge in [-0.15, -0.1) is 0 Å². The highest BCUT2D eigenvalue weighted by molar-refractivity contribution is 6.42. The predicted octanol–water partition coefficient (Wildman–Crippen LogP) is 4.37. The van der Waals surface area contributed by atoms with Gasteiger partial charge in [0.05, 0.1) is 22.7 Å². The first-order chi connectivity index (χ1) is 9.04. The van der Waals surface area contributed by atoms with E-state index in [4.69, 9.17) is 27.9 Å². The van der Waals surface area contributed by atoms with Gasteiger partial charge in [0, 0.05) is 5.56 Å². The van der Waals surface area contributed by atoms with Gasteiger partial charge in [-0.2, -0.15) is 0 Å². The molecule has 0 saturated carbocycles. The normalized spacial score (nSPS) is 10.3. The molecule has 0 aliphatic carbocycles. The number of hydrogen-bond donors (Lipinski definition) is 0. The van der Waals surface area contributed by atoms with Gasteiger partial charge in [-0.1, -0.05) is 29.3 Å². The van der Waals surface area contributed by atoms with Gasteiger partial charge >= 0.3 is 0 Å². The summed E-state index contributed by atoms with van der Waals surface area (Å²) in [5.41, 5.74) is 0.194. The summed E-state index contributed by atoms with van der Waals surface area (Å²) in [7, 11) is 1.34. The van der Waals surface area contributed by atoms with Gasteiger partial charge in [-0.05, 0) is 30.3 Å². The van der Waals surface area contributed by atoms with Crippen LogP contribution in [0.25, 0.3) is 0 Å². The maximum Gasteiger partial charge on any atom is 0.196 e. The van der Waals surface area contributed by atoms with Crippen LogP contribution in [0.15, 0.2) is 36.4 Å². The molecule has 98 valence electrons. The largest absolute Gasteiger partial charge is 0.494 e. The van der Waals surface area contributed by atoms with E-state index in [2.05, 4.69) is 0 Å². The Bertz CT molecular complexity index is 641. The zero-order chi connectivity index (χ0) is 14.0.